The van der Waals surface area contributed by atoms with Crippen molar-refractivity contribution in [3.05, 3.63) is 76.0 Å². The maximum atomic E-state index is 5.71. The van der Waals surface area contributed by atoms with Gasteiger partial charge in [0.15, 0.2) is 0 Å². The Kier molecular flexibility index (Phi) is 3.86. The molecule has 0 aromatic heterocycles. The fourth-order valence-corrected chi connectivity index (χ4v) is 7.51. The topological polar surface area (TPSA) is 21.6 Å². The Morgan fingerprint density at radius 3 is 2.23 bits per heavy atom. The van der Waals surface area contributed by atoms with Crippen LogP contribution in [-0.4, -0.2) is 16.8 Å². The van der Waals surface area contributed by atoms with Crippen LogP contribution in [0.5, 0.6) is 0 Å². The Morgan fingerprint density at radius 2 is 1.59 bits per heavy atom. The molecule has 0 saturated heterocycles. The van der Waals surface area contributed by atoms with Crippen molar-refractivity contribution in [1.82, 2.24) is 0 Å². The molecule has 2 nitrogen and oxygen atoms in total. The van der Waals surface area contributed by atoms with E-state index in [9.17, 15) is 0 Å². The lowest BCUT2D eigenvalue weighted by atomic mass is 9.98. The van der Waals surface area contributed by atoms with Gasteiger partial charge in [-0.1, -0.05) is 65.8 Å². The van der Waals surface area contributed by atoms with Crippen LogP contribution in [0.2, 0.25) is 0 Å². The van der Waals surface area contributed by atoms with Gasteiger partial charge in [0.2, 0.25) is 0 Å². The highest BCUT2D eigenvalue weighted by molar-refractivity contribution is 8.86. The van der Waals surface area contributed by atoms with Gasteiger partial charge in [0.1, 0.15) is 5.71 Å². The van der Waals surface area contributed by atoms with Crippen LogP contribution < -0.4 is 0 Å². The largest absolute Gasteiger partial charge is 0.319 e. The van der Waals surface area contributed by atoms with Crippen LogP contribution in [0.15, 0.2) is 70.1 Å². The molecule has 2 heterocycles. The third kappa shape index (κ3) is 2.33. The van der Waals surface area contributed by atoms with Crippen molar-refractivity contribution in [1.29, 1.82) is 0 Å². The highest BCUT2D eigenvalue weighted by Crippen LogP contribution is 2.57. The van der Waals surface area contributed by atoms with Gasteiger partial charge in [0.25, 0.3) is 0 Å². The van der Waals surface area contributed by atoms with Gasteiger partial charge in [-0.2, -0.15) is 0 Å². The molecule has 0 spiro atoms. The molecule has 0 saturated carbocycles. The van der Waals surface area contributed by atoms with Gasteiger partial charge < -0.3 is 4.28 Å². The standard InChI is InChI=1S/C17H13NOS3/c1-20-17-14(12-8-4-2-5-9-12)16-15(18-19-22(16)21-17)13-10-6-3-7-11-13/h2-11H,1H3. The monoisotopic (exact) mass is 343 g/mol. The predicted octanol–water partition coefficient (Wildman–Crippen LogP) is 5.17. The molecule has 2 aromatic carbocycles. The van der Waals surface area contributed by atoms with E-state index in [1.54, 1.807) is 22.6 Å². The van der Waals surface area contributed by atoms with E-state index in [-0.39, 0.29) is 9.80 Å². The number of hydrogen-bond acceptors (Lipinski definition) is 4. The molecular formula is C17H13NOS3. The molecule has 2 aliphatic rings. The maximum Gasteiger partial charge on any atom is 0.129 e. The third-order valence-electron chi connectivity index (χ3n) is 3.46. The summed E-state index contributed by atoms with van der Waals surface area (Å²) in [4.78, 5) is 1.23. The van der Waals surface area contributed by atoms with Crippen LogP contribution >= 0.6 is 32.4 Å². The van der Waals surface area contributed by atoms with Crippen LogP contribution in [0.25, 0.3) is 5.57 Å². The summed E-state index contributed by atoms with van der Waals surface area (Å²) in [6.07, 6.45) is 2.12. The molecule has 4 rings (SSSR count). The molecule has 22 heavy (non-hydrogen) atoms. The average Bonchev–Trinajstić information content (AvgIpc) is 3.15. The van der Waals surface area contributed by atoms with Crippen molar-refractivity contribution in [3.63, 3.8) is 0 Å². The summed E-state index contributed by atoms with van der Waals surface area (Å²) >= 11 is 1.78. The van der Waals surface area contributed by atoms with Gasteiger partial charge in [0.05, 0.1) is 18.9 Å². The minimum Gasteiger partial charge on any atom is -0.319 e. The van der Waals surface area contributed by atoms with Crippen LogP contribution in [0.4, 0.5) is 0 Å². The number of allylic oxidation sites excluding steroid dienone is 1. The van der Waals surface area contributed by atoms with Crippen molar-refractivity contribution < 1.29 is 4.28 Å². The Bertz CT molecular complexity index is 810. The summed E-state index contributed by atoms with van der Waals surface area (Å²) in [5, 5.41) is 4.36. The number of nitrogens with zero attached hydrogens (tertiary/aromatic N) is 1. The third-order valence-corrected chi connectivity index (χ3v) is 8.18. The first-order valence-electron chi connectivity index (χ1n) is 6.83. The Balaban J connectivity index is 1.84. The zero-order chi connectivity index (χ0) is 14.9. The zero-order valence-electron chi connectivity index (χ0n) is 11.9. The second-order valence-electron chi connectivity index (χ2n) is 4.76. The predicted molar refractivity (Wildman–Crippen MR) is 101 cm³/mol. The number of rotatable bonds is 3. The van der Waals surface area contributed by atoms with Gasteiger partial charge in [-0.15, -0.1) is 11.8 Å². The number of thioether (sulfide) groups is 1. The molecule has 2 aliphatic heterocycles. The summed E-state index contributed by atoms with van der Waals surface area (Å²) in [7, 11) is 1.45. The SMILES string of the molecule is CSC1=C(c2ccccc2)C2=S(ON=C2c2ccccc2)S1. The van der Waals surface area contributed by atoms with E-state index in [1.807, 2.05) is 24.3 Å². The fourth-order valence-electron chi connectivity index (χ4n) is 2.46. The first-order chi connectivity index (χ1) is 10.9. The van der Waals surface area contributed by atoms with Crippen molar-refractivity contribution in [3.8, 4) is 0 Å². The Morgan fingerprint density at radius 1 is 0.955 bits per heavy atom. The number of benzene rings is 2. The van der Waals surface area contributed by atoms with Crippen LogP contribution in [-0.2, 0) is 4.28 Å². The summed E-state index contributed by atoms with van der Waals surface area (Å²) < 4.78 is 7.03. The molecule has 0 radical (unpaired) electrons. The molecule has 110 valence electrons. The second kappa shape index (κ2) is 5.99. The Labute approximate surface area is 140 Å². The highest BCUT2D eigenvalue weighted by Gasteiger charge is 2.35. The molecule has 1 atom stereocenters. The summed E-state index contributed by atoms with van der Waals surface area (Å²) in [6, 6.07) is 20.8. The Hall–Kier alpha value is -1.43. The smallest absolute Gasteiger partial charge is 0.129 e. The minimum atomic E-state index is -0.324. The molecule has 2 aromatic rings. The van der Waals surface area contributed by atoms with Crippen LogP contribution in [0.3, 0.4) is 0 Å². The molecule has 0 fully saturated rings. The zero-order valence-corrected chi connectivity index (χ0v) is 14.3. The van der Waals surface area contributed by atoms with E-state index in [0.717, 1.165) is 11.3 Å². The van der Waals surface area contributed by atoms with Crippen molar-refractivity contribution in [2.45, 2.75) is 0 Å². The number of oxime groups is 1. The van der Waals surface area contributed by atoms with Gasteiger partial charge in [-0.3, -0.25) is 0 Å². The van der Waals surface area contributed by atoms with Crippen molar-refractivity contribution in [2.75, 3.05) is 6.26 Å². The molecule has 5 heteroatoms. The van der Waals surface area contributed by atoms with Crippen molar-refractivity contribution in [2.24, 2.45) is 5.16 Å². The summed E-state index contributed by atoms with van der Waals surface area (Å²) in [5.41, 5.74) is 4.60. The molecule has 0 bridgehead atoms. The molecular weight excluding hydrogens is 330 g/mol. The summed E-state index contributed by atoms with van der Waals surface area (Å²) in [6.45, 7) is 0. The number of hydrogen-bond donors (Lipinski definition) is 0. The molecule has 0 N–H and O–H groups in total. The molecule has 1 unspecified atom stereocenters. The van der Waals surface area contributed by atoms with Gasteiger partial charge in [-0.05, 0) is 22.6 Å². The average molecular weight is 343 g/mol. The van der Waals surface area contributed by atoms with E-state index in [0.29, 0.717) is 0 Å². The molecule has 0 aliphatic carbocycles. The lowest BCUT2D eigenvalue weighted by molar-refractivity contribution is 0.415. The first-order valence-corrected chi connectivity index (χ1v) is 10.5. The van der Waals surface area contributed by atoms with E-state index < -0.39 is 0 Å². The van der Waals surface area contributed by atoms with E-state index in [1.165, 1.54) is 20.2 Å². The van der Waals surface area contributed by atoms with Crippen LogP contribution in [0, 0.1) is 0 Å². The second-order valence-corrected chi connectivity index (χ2v) is 8.85. The van der Waals surface area contributed by atoms with Crippen LogP contribution in [0.1, 0.15) is 11.1 Å². The lowest BCUT2D eigenvalue weighted by Crippen LogP contribution is -2.13. The quantitative estimate of drug-likeness (QED) is 0.567. The van der Waals surface area contributed by atoms with E-state index in [4.69, 9.17) is 4.28 Å². The summed E-state index contributed by atoms with van der Waals surface area (Å²) in [5.74, 6) is 0. The first kappa shape index (κ1) is 14.2. The minimum absolute atomic E-state index is 0.324. The van der Waals surface area contributed by atoms with E-state index in [2.05, 4.69) is 47.8 Å². The molecule has 0 amide bonds. The van der Waals surface area contributed by atoms with Gasteiger partial charge in [0, 0.05) is 11.1 Å². The lowest BCUT2D eigenvalue weighted by Gasteiger charge is -2.09. The highest BCUT2D eigenvalue weighted by atomic mass is 33.1. The normalized spacial score (nSPS) is 20.0. The van der Waals surface area contributed by atoms with Gasteiger partial charge >= 0.3 is 0 Å². The maximum absolute atomic E-state index is 5.71. The van der Waals surface area contributed by atoms with Crippen molar-refractivity contribution >= 4 is 48.5 Å². The van der Waals surface area contributed by atoms with E-state index >= 15 is 0 Å². The fraction of sp³-hybridized carbons (Fsp3) is 0.0588. The van der Waals surface area contributed by atoms with Gasteiger partial charge in [-0.25, -0.2) is 0 Å².